The number of rotatable bonds is 5. The molecule has 0 atom stereocenters. The molecule has 5 rings (SSSR count). The lowest BCUT2D eigenvalue weighted by Gasteiger charge is -2.35. The van der Waals surface area contributed by atoms with E-state index in [1.807, 2.05) is 36.1 Å². The van der Waals surface area contributed by atoms with Crippen LogP contribution in [0.4, 0.5) is 41.2 Å². The van der Waals surface area contributed by atoms with Gasteiger partial charge in [0.1, 0.15) is 5.82 Å². The van der Waals surface area contributed by atoms with E-state index in [0.717, 1.165) is 30.5 Å². The lowest BCUT2D eigenvalue weighted by molar-refractivity contribution is -0.141. The number of oxazole rings is 1. The predicted octanol–water partition coefficient (Wildman–Crippen LogP) is 4.99. The topological polar surface area (TPSA) is 107 Å². The zero-order valence-electron chi connectivity index (χ0n) is 22.0. The zero-order chi connectivity index (χ0) is 28.3. The molecule has 3 amide bonds. The van der Waals surface area contributed by atoms with Crippen molar-refractivity contribution in [2.75, 3.05) is 59.7 Å². The highest BCUT2D eigenvalue weighted by molar-refractivity contribution is 6.03. The van der Waals surface area contributed by atoms with Crippen molar-refractivity contribution in [3.05, 3.63) is 59.6 Å². The minimum Gasteiger partial charge on any atom is -0.417 e. The Kier molecular flexibility index (Phi) is 7.81. The number of nitrogens with one attached hydrogen (secondary N) is 2. The quantitative estimate of drug-likeness (QED) is 0.455. The molecular weight excluding hydrogens is 527 g/mol. The highest BCUT2D eigenvalue weighted by Gasteiger charge is 2.42. The molecule has 3 aromatic rings. The molecule has 2 saturated heterocycles. The van der Waals surface area contributed by atoms with Gasteiger partial charge in [0.25, 0.3) is 11.9 Å². The maximum Gasteiger partial charge on any atom is 0.437 e. The molecule has 0 unspecified atom stereocenters. The van der Waals surface area contributed by atoms with Crippen LogP contribution < -0.4 is 20.4 Å². The molecule has 10 nitrogen and oxygen atoms in total. The predicted molar refractivity (Wildman–Crippen MR) is 144 cm³/mol. The van der Waals surface area contributed by atoms with Crippen molar-refractivity contribution in [3.8, 4) is 0 Å². The van der Waals surface area contributed by atoms with Gasteiger partial charge in [-0.25, -0.2) is 9.78 Å². The Hall–Kier alpha value is -4.29. The third kappa shape index (κ3) is 6.13. The van der Waals surface area contributed by atoms with E-state index >= 15 is 0 Å². The number of halogens is 3. The number of amides is 3. The number of para-hydroxylation sites is 1. The summed E-state index contributed by atoms with van der Waals surface area (Å²) in [5.74, 6) is -1.30. The second-order valence-electron chi connectivity index (χ2n) is 9.80. The number of piperazine rings is 1. The molecule has 0 radical (unpaired) electrons. The number of aryl methyl sites for hydroxylation is 1. The summed E-state index contributed by atoms with van der Waals surface area (Å²) in [6.07, 6.45) is -0.846. The fraction of sp³-hybridized carbons (Fsp3) is 0.407. The monoisotopic (exact) mass is 557 g/mol. The van der Waals surface area contributed by atoms with Crippen molar-refractivity contribution in [3.63, 3.8) is 0 Å². The molecule has 40 heavy (non-hydrogen) atoms. The molecule has 2 aliphatic heterocycles. The van der Waals surface area contributed by atoms with Crippen LogP contribution in [-0.4, -0.2) is 66.1 Å². The number of pyridine rings is 1. The van der Waals surface area contributed by atoms with Crippen molar-refractivity contribution in [2.24, 2.45) is 0 Å². The van der Waals surface area contributed by atoms with Gasteiger partial charge in [-0.2, -0.15) is 18.2 Å². The number of hydrogen-bond acceptors (Lipinski definition) is 7. The zero-order valence-corrected chi connectivity index (χ0v) is 22.0. The van der Waals surface area contributed by atoms with E-state index in [-0.39, 0.29) is 17.7 Å². The standard InChI is InChI=1S/C27H30F3N7O3/c1-18-7-3-4-8-20(18)33-25(39)36-15-13-35(14-16-36)21-10-9-19(17-31-21)32-24(38)22-23(27(28,29)30)34-26(40-22)37-11-5-2-6-12-37/h3-4,7-10,17H,2,5-6,11-16H2,1H3,(H,32,38)(H,33,39). The summed E-state index contributed by atoms with van der Waals surface area (Å²) in [5.41, 5.74) is 0.615. The summed E-state index contributed by atoms with van der Waals surface area (Å²) in [5, 5.41) is 5.37. The number of nitrogens with zero attached hydrogens (tertiary/aromatic N) is 5. The maximum absolute atomic E-state index is 13.6. The van der Waals surface area contributed by atoms with Crippen molar-refractivity contribution in [2.45, 2.75) is 32.4 Å². The van der Waals surface area contributed by atoms with Crippen molar-refractivity contribution in [1.82, 2.24) is 14.9 Å². The smallest absolute Gasteiger partial charge is 0.417 e. The van der Waals surface area contributed by atoms with Gasteiger partial charge in [0.05, 0.1) is 11.9 Å². The Morgan fingerprint density at radius 1 is 0.900 bits per heavy atom. The normalized spacial score (nSPS) is 16.1. The average Bonchev–Trinajstić information content (AvgIpc) is 3.42. The van der Waals surface area contributed by atoms with Crippen LogP contribution in [0.15, 0.2) is 47.0 Å². The number of urea groups is 1. The molecule has 0 saturated carbocycles. The number of piperidine rings is 1. The summed E-state index contributed by atoms with van der Waals surface area (Å²) in [6, 6.07) is 10.4. The van der Waals surface area contributed by atoms with Gasteiger partial charge in [-0.3, -0.25) is 4.79 Å². The largest absolute Gasteiger partial charge is 0.437 e. The third-order valence-electron chi connectivity index (χ3n) is 7.00. The first-order valence-electron chi connectivity index (χ1n) is 13.2. The van der Waals surface area contributed by atoms with E-state index < -0.39 is 23.5 Å². The number of anilines is 4. The van der Waals surface area contributed by atoms with Crippen LogP contribution in [0.2, 0.25) is 0 Å². The van der Waals surface area contributed by atoms with Crippen molar-refractivity contribution < 1.29 is 27.2 Å². The van der Waals surface area contributed by atoms with Crippen molar-refractivity contribution >= 4 is 35.1 Å². The van der Waals surface area contributed by atoms with E-state index in [2.05, 4.69) is 20.6 Å². The molecular formula is C27H30F3N7O3. The number of aromatic nitrogens is 2. The number of carbonyl (C=O) groups excluding carboxylic acids is 2. The van der Waals surface area contributed by atoms with Gasteiger partial charge in [0.2, 0.25) is 5.76 Å². The number of alkyl halides is 3. The molecule has 0 bridgehead atoms. The number of hydrogen-bond donors (Lipinski definition) is 2. The Bertz CT molecular complexity index is 1350. The highest BCUT2D eigenvalue weighted by Crippen LogP contribution is 2.35. The fourth-order valence-electron chi connectivity index (χ4n) is 4.76. The molecule has 2 N–H and O–H groups in total. The molecule has 2 aliphatic rings. The highest BCUT2D eigenvalue weighted by atomic mass is 19.4. The maximum atomic E-state index is 13.6. The summed E-state index contributed by atoms with van der Waals surface area (Å²) in [7, 11) is 0. The summed E-state index contributed by atoms with van der Waals surface area (Å²) in [6.45, 7) is 5.05. The van der Waals surface area contributed by atoms with Gasteiger partial charge in [-0.05, 0) is 49.9 Å². The Morgan fingerprint density at radius 3 is 2.27 bits per heavy atom. The molecule has 0 spiro atoms. The molecule has 13 heteroatoms. The minimum absolute atomic E-state index is 0.172. The lowest BCUT2D eigenvalue weighted by atomic mass is 10.1. The van der Waals surface area contributed by atoms with Crippen LogP contribution in [0.5, 0.6) is 0 Å². The average molecular weight is 558 g/mol. The van der Waals surface area contributed by atoms with Gasteiger partial charge < -0.3 is 29.8 Å². The molecule has 4 heterocycles. The third-order valence-corrected chi connectivity index (χ3v) is 7.00. The molecule has 0 aliphatic carbocycles. The van der Waals surface area contributed by atoms with E-state index in [4.69, 9.17) is 4.42 Å². The van der Waals surface area contributed by atoms with E-state index in [1.54, 1.807) is 21.9 Å². The van der Waals surface area contributed by atoms with Gasteiger partial charge in [0.15, 0.2) is 5.69 Å². The van der Waals surface area contributed by atoms with Crippen LogP contribution in [0, 0.1) is 6.92 Å². The van der Waals surface area contributed by atoms with Crippen molar-refractivity contribution in [1.29, 1.82) is 0 Å². The van der Waals surface area contributed by atoms with Crippen LogP contribution in [0.3, 0.4) is 0 Å². The fourth-order valence-corrected chi connectivity index (χ4v) is 4.76. The first kappa shape index (κ1) is 27.3. The van der Waals surface area contributed by atoms with E-state index in [0.29, 0.717) is 45.1 Å². The number of carbonyl (C=O) groups is 2. The number of benzene rings is 1. The first-order valence-corrected chi connectivity index (χ1v) is 13.2. The molecule has 1 aromatic carbocycles. The second kappa shape index (κ2) is 11.4. The van der Waals surface area contributed by atoms with Gasteiger partial charge in [-0.15, -0.1) is 0 Å². The summed E-state index contributed by atoms with van der Waals surface area (Å²) >= 11 is 0. The summed E-state index contributed by atoms with van der Waals surface area (Å²) in [4.78, 5) is 38.7. The van der Waals surface area contributed by atoms with Gasteiger partial charge >= 0.3 is 12.2 Å². The Morgan fingerprint density at radius 2 is 1.62 bits per heavy atom. The Labute approximate surface area is 229 Å². The first-order chi connectivity index (χ1) is 19.2. The molecule has 2 aromatic heterocycles. The van der Waals surface area contributed by atoms with Gasteiger partial charge in [-0.1, -0.05) is 18.2 Å². The van der Waals surface area contributed by atoms with E-state index in [9.17, 15) is 22.8 Å². The Balaban J connectivity index is 1.19. The SMILES string of the molecule is Cc1ccccc1NC(=O)N1CCN(c2ccc(NC(=O)c3oc(N4CCCCC4)nc3C(F)(F)F)cn2)CC1. The van der Waals surface area contributed by atoms with Crippen LogP contribution >= 0.6 is 0 Å². The van der Waals surface area contributed by atoms with Crippen LogP contribution in [-0.2, 0) is 6.18 Å². The molecule has 212 valence electrons. The minimum atomic E-state index is -4.84. The molecule has 2 fully saturated rings. The second-order valence-corrected chi connectivity index (χ2v) is 9.80. The van der Waals surface area contributed by atoms with Crippen LogP contribution in [0.25, 0.3) is 0 Å². The summed E-state index contributed by atoms with van der Waals surface area (Å²) < 4.78 is 46.2. The van der Waals surface area contributed by atoms with Gasteiger partial charge in [0, 0.05) is 45.0 Å². The lowest BCUT2D eigenvalue weighted by Crippen LogP contribution is -2.50. The van der Waals surface area contributed by atoms with E-state index in [1.165, 1.54) is 6.20 Å². The van der Waals surface area contributed by atoms with Crippen LogP contribution in [0.1, 0.15) is 41.1 Å².